The van der Waals surface area contributed by atoms with E-state index in [-0.39, 0.29) is 18.0 Å². The molecule has 0 spiro atoms. The van der Waals surface area contributed by atoms with E-state index in [1.807, 2.05) is 37.3 Å². The first kappa shape index (κ1) is 13.9. The third-order valence-corrected chi connectivity index (χ3v) is 2.97. The lowest BCUT2D eigenvalue weighted by Crippen LogP contribution is -2.05. The summed E-state index contributed by atoms with van der Waals surface area (Å²) in [4.78, 5) is 23.6. The van der Waals surface area contributed by atoms with Crippen molar-refractivity contribution in [2.75, 3.05) is 0 Å². The lowest BCUT2D eigenvalue weighted by Gasteiger charge is -1.98. The van der Waals surface area contributed by atoms with Crippen LogP contribution in [0.4, 0.5) is 0 Å². The zero-order valence-corrected chi connectivity index (χ0v) is 11.4. The van der Waals surface area contributed by atoms with Gasteiger partial charge in [-0.05, 0) is 18.6 Å². The quantitative estimate of drug-likeness (QED) is 0.467. The predicted molar refractivity (Wildman–Crippen MR) is 80.6 cm³/mol. The van der Waals surface area contributed by atoms with Crippen LogP contribution in [-0.2, 0) is 4.79 Å². The summed E-state index contributed by atoms with van der Waals surface area (Å²) in [6, 6.07) is 16.7. The van der Waals surface area contributed by atoms with E-state index in [1.165, 1.54) is 11.6 Å². The molecule has 0 atom stereocenters. The maximum absolute atomic E-state index is 11.9. The van der Waals surface area contributed by atoms with Crippen LogP contribution in [0.1, 0.15) is 27.9 Å². The summed E-state index contributed by atoms with van der Waals surface area (Å²) in [5.41, 5.74) is 2.70. The van der Waals surface area contributed by atoms with Crippen molar-refractivity contribution in [3.05, 3.63) is 77.4 Å². The molecule has 0 heterocycles. The maximum atomic E-state index is 11.9. The van der Waals surface area contributed by atoms with E-state index in [9.17, 15) is 9.59 Å². The van der Waals surface area contributed by atoms with Gasteiger partial charge in [0.15, 0.2) is 11.6 Å². The van der Waals surface area contributed by atoms with Crippen LogP contribution in [0.15, 0.2) is 60.7 Å². The van der Waals surface area contributed by atoms with Crippen molar-refractivity contribution in [1.29, 1.82) is 0 Å². The Hall–Kier alpha value is -2.48. The molecule has 2 heteroatoms. The Balaban J connectivity index is 1.96. The molecule has 0 aliphatic heterocycles. The first-order valence-electron chi connectivity index (χ1n) is 6.51. The SMILES string of the molecule is Cc1ccc(/C=C/C(=O)CC(=O)c2ccccc2)cc1. The number of rotatable bonds is 5. The third-order valence-electron chi connectivity index (χ3n) is 2.97. The molecular formula is C18H16O2. The van der Waals surface area contributed by atoms with Crippen LogP contribution < -0.4 is 0 Å². The number of hydrogen-bond acceptors (Lipinski definition) is 2. The molecule has 0 unspecified atom stereocenters. The van der Waals surface area contributed by atoms with E-state index in [4.69, 9.17) is 0 Å². The van der Waals surface area contributed by atoms with Crippen LogP contribution in [0.25, 0.3) is 6.08 Å². The summed E-state index contributed by atoms with van der Waals surface area (Å²) in [6.07, 6.45) is 3.11. The molecule has 0 aromatic heterocycles. The lowest BCUT2D eigenvalue weighted by molar-refractivity contribution is -0.113. The normalized spacial score (nSPS) is 10.7. The van der Waals surface area contributed by atoms with Crippen LogP contribution in [0.3, 0.4) is 0 Å². The molecular weight excluding hydrogens is 248 g/mol. The second-order valence-electron chi connectivity index (χ2n) is 4.68. The lowest BCUT2D eigenvalue weighted by atomic mass is 10.1. The molecule has 2 nitrogen and oxygen atoms in total. The smallest absolute Gasteiger partial charge is 0.170 e. The van der Waals surface area contributed by atoms with Gasteiger partial charge in [-0.3, -0.25) is 9.59 Å². The molecule has 2 rings (SSSR count). The maximum Gasteiger partial charge on any atom is 0.170 e. The summed E-state index contributed by atoms with van der Waals surface area (Å²) in [5.74, 6) is -0.330. The number of Topliss-reactive ketones (excluding diaryl/α,β-unsaturated/α-hetero) is 1. The van der Waals surface area contributed by atoms with E-state index in [0.29, 0.717) is 5.56 Å². The van der Waals surface area contributed by atoms with E-state index < -0.39 is 0 Å². The summed E-state index contributed by atoms with van der Waals surface area (Å²) < 4.78 is 0. The largest absolute Gasteiger partial charge is 0.294 e. The Labute approximate surface area is 118 Å². The molecule has 0 saturated heterocycles. The van der Waals surface area contributed by atoms with Crippen LogP contribution >= 0.6 is 0 Å². The molecule has 0 fully saturated rings. The van der Waals surface area contributed by atoms with Crippen LogP contribution in [0.2, 0.25) is 0 Å². The van der Waals surface area contributed by atoms with Gasteiger partial charge in [0.05, 0.1) is 6.42 Å². The van der Waals surface area contributed by atoms with E-state index >= 15 is 0 Å². The monoisotopic (exact) mass is 264 g/mol. The topological polar surface area (TPSA) is 34.1 Å². The molecule has 0 saturated carbocycles. The first-order valence-corrected chi connectivity index (χ1v) is 6.51. The second-order valence-corrected chi connectivity index (χ2v) is 4.68. The summed E-state index contributed by atoms with van der Waals surface area (Å²) >= 11 is 0. The van der Waals surface area contributed by atoms with Crippen LogP contribution in [0.5, 0.6) is 0 Å². The zero-order valence-electron chi connectivity index (χ0n) is 11.4. The van der Waals surface area contributed by atoms with Gasteiger partial charge in [0.2, 0.25) is 0 Å². The van der Waals surface area contributed by atoms with Gasteiger partial charge in [-0.15, -0.1) is 0 Å². The minimum Gasteiger partial charge on any atom is -0.294 e. The third kappa shape index (κ3) is 4.02. The molecule has 0 aliphatic carbocycles. The highest BCUT2D eigenvalue weighted by molar-refractivity contribution is 6.12. The van der Waals surface area contributed by atoms with Gasteiger partial charge >= 0.3 is 0 Å². The number of hydrogen-bond donors (Lipinski definition) is 0. The van der Waals surface area contributed by atoms with Gasteiger partial charge < -0.3 is 0 Å². The molecule has 20 heavy (non-hydrogen) atoms. The number of ketones is 2. The van der Waals surface area contributed by atoms with Gasteiger partial charge in [-0.1, -0.05) is 66.2 Å². The van der Waals surface area contributed by atoms with E-state index in [1.54, 1.807) is 30.3 Å². The van der Waals surface area contributed by atoms with Crippen molar-refractivity contribution in [1.82, 2.24) is 0 Å². The van der Waals surface area contributed by atoms with Crippen molar-refractivity contribution < 1.29 is 9.59 Å². The van der Waals surface area contributed by atoms with E-state index in [0.717, 1.165) is 5.56 Å². The summed E-state index contributed by atoms with van der Waals surface area (Å²) in [7, 11) is 0. The highest BCUT2D eigenvalue weighted by Crippen LogP contribution is 2.07. The first-order chi connectivity index (χ1) is 9.65. The van der Waals surface area contributed by atoms with Gasteiger partial charge in [0, 0.05) is 5.56 Å². The van der Waals surface area contributed by atoms with Gasteiger partial charge in [-0.2, -0.15) is 0 Å². The van der Waals surface area contributed by atoms with Crippen LogP contribution in [-0.4, -0.2) is 11.6 Å². The van der Waals surface area contributed by atoms with Gasteiger partial charge in [0.1, 0.15) is 0 Å². The zero-order chi connectivity index (χ0) is 14.4. The van der Waals surface area contributed by atoms with Crippen molar-refractivity contribution in [3.63, 3.8) is 0 Å². The highest BCUT2D eigenvalue weighted by atomic mass is 16.1. The number of carbonyl (C=O) groups excluding carboxylic acids is 2. The second kappa shape index (κ2) is 6.62. The molecule has 0 aliphatic rings. The van der Waals surface area contributed by atoms with Crippen LogP contribution in [0, 0.1) is 6.92 Å². The Morgan fingerprint density at radius 3 is 2.25 bits per heavy atom. The molecule has 2 aromatic rings. The minimum absolute atomic E-state index is 0.0909. The molecule has 0 bridgehead atoms. The Bertz CT molecular complexity index is 622. The minimum atomic E-state index is -0.181. The number of aryl methyl sites for hydroxylation is 1. The van der Waals surface area contributed by atoms with Gasteiger partial charge in [-0.25, -0.2) is 0 Å². The average Bonchev–Trinajstić information content (AvgIpc) is 2.47. The number of carbonyl (C=O) groups is 2. The molecule has 0 amide bonds. The Morgan fingerprint density at radius 1 is 0.950 bits per heavy atom. The molecule has 0 N–H and O–H groups in total. The highest BCUT2D eigenvalue weighted by Gasteiger charge is 2.08. The fourth-order valence-electron chi connectivity index (χ4n) is 1.81. The number of allylic oxidation sites excluding steroid dienone is 1. The predicted octanol–water partition coefficient (Wildman–Crippen LogP) is 3.85. The standard InChI is InChI=1S/C18H16O2/c1-14-7-9-15(10-8-14)11-12-17(19)13-18(20)16-5-3-2-4-6-16/h2-12H,13H2,1H3/b12-11+. The Kier molecular flexibility index (Phi) is 4.61. The van der Waals surface area contributed by atoms with Crippen molar-refractivity contribution in [2.45, 2.75) is 13.3 Å². The van der Waals surface area contributed by atoms with Crippen molar-refractivity contribution >= 4 is 17.6 Å². The van der Waals surface area contributed by atoms with Crippen molar-refractivity contribution in [3.8, 4) is 0 Å². The molecule has 0 radical (unpaired) electrons. The fraction of sp³-hybridized carbons (Fsp3) is 0.111. The average molecular weight is 264 g/mol. The van der Waals surface area contributed by atoms with Crippen molar-refractivity contribution in [2.24, 2.45) is 0 Å². The Morgan fingerprint density at radius 2 is 1.60 bits per heavy atom. The summed E-state index contributed by atoms with van der Waals surface area (Å²) in [5, 5.41) is 0. The fourth-order valence-corrected chi connectivity index (χ4v) is 1.81. The molecule has 100 valence electrons. The van der Waals surface area contributed by atoms with Gasteiger partial charge in [0.25, 0.3) is 0 Å². The van der Waals surface area contributed by atoms with E-state index in [2.05, 4.69) is 0 Å². The number of benzene rings is 2. The molecule has 2 aromatic carbocycles. The summed E-state index contributed by atoms with van der Waals surface area (Å²) in [6.45, 7) is 2.01.